The zero-order valence-electron chi connectivity index (χ0n) is 15.5. The van der Waals surface area contributed by atoms with E-state index in [1.807, 2.05) is 25.7 Å². The summed E-state index contributed by atoms with van der Waals surface area (Å²) >= 11 is 6.14. The molecule has 1 amide bonds. The maximum Gasteiger partial charge on any atom is 0.338 e. The Balaban J connectivity index is 2.34. The third-order valence-corrected chi connectivity index (χ3v) is 4.24. The van der Waals surface area contributed by atoms with Crippen molar-refractivity contribution in [1.29, 1.82) is 0 Å². The van der Waals surface area contributed by atoms with E-state index in [0.717, 1.165) is 6.07 Å². The third-order valence-electron chi connectivity index (χ3n) is 4.03. The summed E-state index contributed by atoms with van der Waals surface area (Å²) in [6.45, 7) is 8.12. The first-order valence-corrected chi connectivity index (χ1v) is 8.80. The largest absolute Gasteiger partial charge is 0.478 e. The van der Waals surface area contributed by atoms with E-state index < -0.39 is 23.3 Å². The topological polar surface area (TPSA) is 82.5 Å². The molecule has 144 valence electrons. The molecule has 0 saturated heterocycles. The number of carboxylic acid groups (broad SMARTS) is 1. The second-order valence-electron chi connectivity index (χ2n) is 6.32. The Morgan fingerprint density at radius 2 is 1.96 bits per heavy atom. The number of carbonyl (C=O) groups excluding carboxylic acids is 1. The number of amides is 1. The molecule has 0 atom stereocenters. The van der Waals surface area contributed by atoms with Crippen molar-refractivity contribution in [3.05, 3.63) is 51.9 Å². The van der Waals surface area contributed by atoms with Gasteiger partial charge in [0, 0.05) is 23.3 Å². The van der Waals surface area contributed by atoms with Gasteiger partial charge in [0.2, 0.25) is 0 Å². The van der Waals surface area contributed by atoms with E-state index in [2.05, 4.69) is 10.3 Å². The fourth-order valence-electron chi connectivity index (χ4n) is 2.82. The van der Waals surface area contributed by atoms with Crippen molar-refractivity contribution in [2.75, 3.05) is 16.8 Å². The molecular weight excluding hydrogens is 373 g/mol. The van der Waals surface area contributed by atoms with Crippen LogP contribution in [-0.4, -0.2) is 34.6 Å². The van der Waals surface area contributed by atoms with Gasteiger partial charge >= 0.3 is 5.97 Å². The highest BCUT2D eigenvalue weighted by Gasteiger charge is 2.18. The lowest BCUT2D eigenvalue weighted by Gasteiger charge is -2.26. The van der Waals surface area contributed by atoms with Crippen LogP contribution >= 0.6 is 11.6 Å². The summed E-state index contributed by atoms with van der Waals surface area (Å²) in [5.74, 6) is -2.29. The predicted molar refractivity (Wildman–Crippen MR) is 103 cm³/mol. The average molecular weight is 394 g/mol. The molecule has 0 bridgehead atoms. The number of aryl methyl sites for hydroxylation is 1. The van der Waals surface area contributed by atoms with Crippen LogP contribution in [0.3, 0.4) is 0 Å². The molecule has 0 aliphatic rings. The van der Waals surface area contributed by atoms with E-state index in [0.29, 0.717) is 17.4 Å². The van der Waals surface area contributed by atoms with Crippen molar-refractivity contribution in [1.82, 2.24) is 4.98 Å². The quantitative estimate of drug-likeness (QED) is 0.761. The first kappa shape index (κ1) is 20.6. The Kier molecular flexibility index (Phi) is 6.38. The monoisotopic (exact) mass is 393 g/mol. The molecule has 1 aromatic carbocycles. The van der Waals surface area contributed by atoms with Gasteiger partial charge in [0.25, 0.3) is 5.91 Å². The van der Waals surface area contributed by atoms with Crippen LogP contribution in [0.1, 0.15) is 47.2 Å². The Hall–Kier alpha value is -2.67. The van der Waals surface area contributed by atoms with Crippen LogP contribution in [0.4, 0.5) is 15.9 Å². The molecule has 6 nitrogen and oxygen atoms in total. The number of aromatic nitrogens is 1. The van der Waals surface area contributed by atoms with Crippen LogP contribution in [0.15, 0.2) is 24.3 Å². The lowest BCUT2D eigenvalue weighted by atomic mass is 10.1. The number of aromatic carboxylic acids is 1. The number of rotatable bonds is 6. The second kappa shape index (κ2) is 8.35. The number of anilines is 2. The van der Waals surface area contributed by atoms with Crippen LogP contribution in [0.25, 0.3) is 0 Å². The highest BCUT2D eigenvalue weighted by Crippen LogP contribution is 2.23. The number of carbonyl (C=O) groups is 2. The highest BCUT2D eigenvalue weighted by atomic mass is 35.5. The van der Waals surface area contributed by atoms with E-state index in [-0.39, 0.29) is 23.0 Å². The molecule has 0 aliphatic carbocycles. The van der Waals surface area contributed by atoms with E-state index >= 15 is 0 Å². The van der Waals surface area contributed by atoms with Crippen LogP contribution in [-0.2, 0) is 0 Å². The van der Waals surface area contributed by atoms with Crippen molar-refractivity contribution in [3.63, 3.8) is 0 Å². The molecule has 8 heteroatoms. The van der Waals surface area contributed by atoms with Crippen LogP contribution < -0.4 is 10.2 Å². The molecule has 1 aromatic heterocycles. The number of pyridine rings is 1. The molecule has 2 N–H and O–H groups in total. The van der Waals surface area contributed by atoms with Crippen molar-refractivity contribution in [3.8, 4) is 0 Å². The third kappa shape index (κ3) is 4.74. The van der Waals surface area contributed by atoms with Gasteiger partial charge in [-0.25, -0.2) is 14.2 Å². The van der Waals surface area contributed by atoms with Crippen molar-refractivity contribution >= 4 is 35.0 Å². The van der Waals surface area contributed by atoms with E-state index in [4.69, 9.17) is 16.7 Å². The number of hydrogen-bond acceptors (Lipinski definition) is 4. The van der Waals surface area contributed by atoms with E-state index in [9.17, 15) is 14.0 Å². The molecule has 2 aromatic rings. The van der Waals surface area contributed by atoms with Gasteiger partial charge in [-0.3, -0.25) is 4.79 Å². The van der Waals surface area contributed by atoms with Gasteiger partial charge < -0.3 is 15.3 Å². The maximum absolute atomic E-state index is 14.0. The smallest absolute Gasteiger partial charge is 0.338 e. The molecule has 0 unspecified atom stereocenters. The van der Waals surface area contributed by atoms with E-state index in [1.165, 1.54) is 19.1 Å². The van der Waals surface area contributed by atoms with Gasteiger partial charge in [-0.2, -0.15) is 0 Å². The lowest BCUT2D eigenvalue weighted by Crippen LogP contribution is -2.31. The van der Waals surface area contributed by atoms with Gasteiger partial charge in [0.1, 0.15) is 17.3 Å². The summed E-state index contributed by atoms with van der Waals surface area (Å²) in [5.41, 5.74) is -0.00213. The molecule has 0 aliphatic heterocycles. The van der Waals surface area contributed by atoms with Crippen molar-refractivity contribution in [2.45, 2.75) is 33.7 Å². The Morgan fingerprint density at radius 3 is 2.48 bits per heavy atom. The summed E-state index contributed by atoms with van der Waals surface area (Å²) in [7, 11) is 0. The minimum atomic E-state index is -1.36. The Morgan fingerprint density at radius 1 is 1.30 bits per heavy atom. The molecule has 2 rings (SSSR count). The standard InChI is InChI=1S/C19H21ClFN3O3/c1-5-24(10(2)3)16-8-12(20)7-15(23-16)18(25)22-13-6-11(4)17(19(26)27)14(21)9-13/h6-10H,5H2,1-4H3,(H,22,25)(H,26,27). The number of carboxylic acids is 1. The SMILES string of the molecule is CCN(c1cc(Cl)cc(C(=O)Nc2cc(C)c(C(=O)O)c(F)c2)n1)C(C)C. The maximum atomic E-state index is 14.0. The van der Waals surface area contributed by atoms with Crippen LogP contribution in [0.5, 0.6) is 0 Å². The second-order valence-corrected chi connectivity index (χ2v) is 6.75. The zero-order valence-corrected chi connectivity index (χ0v) is 16.3. The molecule has 0 spiro atoms. The first-order valence-electron chi connectivity index (χ1n) is 8.43. The van der Waals surface area contributed by atoms with Gasteiger partial charge in [0.15, 0.2) is 0 Å². The minimum Gasteiger partial charge on any atom is -0.478 e. The number of hydrogen-bond donors (Lipinski definition) is 2. The molecular formula is C19H21ClFN3O3. The van der Waals surface area contributed by atoms with Gasteiger partial charge in [0.05, 0.1) is 5.56 Å². The van der Waals surface area contributed by atoms with Crippen LogP contribution in [0, 0.1) is 12.7 Å². The van der Waals surface area contributed by atoms with Gasteiger partial charge in [-0.1, -0.05) is 11.6 Å². The molecule has 0 radical (unpaired) electrons. The number of nitrogens with zero attached hydrogens (tertiary/aromatic N) is 2. The Bertz CT molecular complexity index is 863. The summed E-state index contributed by atoms with van der Waals surface area (Å²) < 4.78 is 14.0. The summed E-state index contributed by atoms with van der Waals surface area (Å²) in [6, 6.07) is 5.61. The molecule has 1 heterocycles. The zero-order chi connectivity index (χ0) is 20.3. The van der Waals surface area contributed by atoms with Gasteiger partial charge in [-0.15, -0.1) is 0 Å². The summed E-state index contributed by atoms with van der Waals surface area (Å²) in [6.07, 6.45) is 0. The number of benzene rings is 1. The number of nitrogens with one attached hydrogen (secondary N) is 1. The fraction of sp³-hybridized carbons (Fsp3) is 0.316. The summed E-state index contributed by atoms with van der Waals surface area (Å²) in [4.78, 5) is 29.9. The molecule has 27 heavy (non-hydrogen) atoms. The first-order chi connectivity index (χ1) is 12.6. The van der Waals surface area contributed by atoms with Crippen molar-refractivity contribution < 1.29 is 19.1 Å². The van der Waals surface area contributed by atoms with E-state index in [1.54, 1.807) is 6.07 Å². The van der Waals surface area contributed by atoms with Crippen LogP contribution in [0.2, 0.25) is 5.02 Å². The minimum absolute atomic E-state index is 0.0805. The van der Waals surface area contributed by atoms with Gasteiger partial charge in [-0.05, 0) is 57.5 Å². The Labute approximate surface area is 162 Å². The fourth-order valence-corrected chi connectivity index (χ4v) is 3.02. The lowest BCUT2D eigenvalue weighted by molar-refractivity contribution is 0.0691. The average Bonchev–Trinajstić information content (AvgIpc) is 2.53. The number of halogens is 2. The highest BCUT2D eigenvalue weighted by molar-refractivity contribution is 6.31. The molecule has 0 saturated carbocycles. The predicted octanol–water partition coefficient (Wildman–Crippen LogP) is 4.37. The van der Waals surface area contributed by atoms with Crippen molar-refractivity contribution in [2.24, 2.45) is 0 Å². The summed E-state index contributed by atoms with van der Waals surface area (Å²) in [5, 5.41) is 11.9. The normalized spacial score (nSPS) is 10.8. The molecule has 0 fully saturated rings.